The van der Waals surface area contributed by atoms with Gasteiger partial charge in [-0.25, -0.2) is 9.07 Å². The quantitative estimate of drug-likeness (QED) is 0.247. The molecule has 5 rings (SSSR count). The lowest BCUT2D eigenvalue weighted by Gasteiger charge is -2.30. The Hall–Kier alpha value is -3.82. The van der Waals surface area contributed by atoms with Gasteiger partial charge in [0.05, 0.1) is 29.2 Å². The molecule has 0 aliphatic heterocycles. The second-order valence-electron chi connectivity index (χ2n) is 10.4. The van der Waals surface area contributed by atoms with Crippen LogP contribution in [0.15, 0.2) is 53.6 Å². The van der Waals surface area contributed by atoms with Crippen LogP contribution >= 0.6 is 0 Å². The van der Waals surface area contributed by atoms with E-state index in [2.05, 4.69) is 15.2 Å². The smallest absolute Gasteiger partial charge is 0.272 e. The average molecular weight is 554 g/mol. The van der Waals surface area contributed by atoms with E-state index in [1.54, 1.807) is 16.8 Å². The van der Waals surface area contributed by atoms with Crippen LogP contribution < -0.4 is 5.56 Å². The molecule has 40 heavy (non-hydrogen) atoms. The number of aryl methyl sites for hydroxylation is 3. The maximum absolute atomic E-state index is 14.6. The van der Waals surface area contributed by atoms with E-state index in [0.717, 1.165) is 21.9 Å². The molecule has 0 bridgehead atoms. The van der Waals surface area contributed by atoms with Crippen LogP contribution in [0.3, 0.4) is 0 Å². The fourth-order valence-corrected chi connectivity index (χ4v) is 5.84. The molecule has 1 saturated carbocycles. The Kier molecular flexibility index (Phi) is 7.61. The van der Waals surface area contributed by atoms with Crippen molar-refractivity contribution in [3.63, 3.8) is 0 Å². The van der Waals surface area contributed by atoms with Crippen molar-refractivity contribution in [1.29, 1.82) is 0 Å². The molecule has 10 heteroatoms. The van der Waals surface area contributed by atoms with Gasteiger partial charge in [-0.3, -0.25) is 14.5 Å². The number of alkyl halides is 3. The van der Waals surface area contributed by atoms with Gasteiger partial charge in [-0.1, -0.05) is 12.1 Å². The molecule has 0 unspecified atom stereocenters. The van der Waals surface area contributed by atoms with Crippen LogP contribution in [0.4, 0.5) is 17.6 Å². The predicted molar refractivity (Wildman–Crippen MR) is 144 cm³/mol. The molecule has 0 saturated heterocycles. The molecule has 3 heterocycles. The SMILES string of the molecule is CCn1cc(-c2cc(C3CCC(c4c(C)cccc4F)CC3)c(=O)n(Cc3ncccc3C(F)(F)F)n2)c(C)n1. The summed E-state index contributed by atoms with van der Waals surface area (Å²) < 4.78 is 58.6. The first-order valence-electron chi connectivity index (χ1n) is 13.5. The zero-order valence-electron chi connectivity index (χ0n) is 22.7. The molecule has 6 nitrogen and oxygen atoms in total. The third kappa shape index (κ3) is 5.44. The highest BCUT2D eigenvalue weighted by Crippen LogP contribution is 2.42. The van der Waals surface area contributed by atoms with Gasteiger partial charge in [0.1, 0.15) is 5.82 Å². The number of pyridine rings is 1. The third-order valence-corrected chi connectivity index (χ3v) is 7.89. The fraction of sp³-hybridized carbons (Fsp3) is 0.400. The summed E-state index contributed by atoms with van der Waals surface area (Å²) in [6, 6.07) is 9.03. The van der Waals surface area contributed by atoms with Crippen LogP contribution in [-0.4, -0.2) is 24.5 Å². The highest BCUT2D eigenvalue weighted by atomic mass is 19.4. The normalized spacial score (nSPS) is 17.8. The second kappa shape index (κ2) is 11.0. The van der Waals surface area contributed by atoms with E-state index in [9.17, 15) is 22.4 Å². The Balaban J connectivity index is 1.54. The van der Waals surface area contributed by atoms with Crippen LogP contribution in [0, 0.1) is 19.7 Å². The molecule has 1 fully saturated rings. The molecule has 3 aromatic heterocycles. The van der Waals surface area contributed by atoms with Crippen molar-refractivity contribution in [1.82, 2.24) is 24.5 Å². The first-order chi connectivity index (χ1) is 19.1. The van der Waals surface area contributed by atoms with Crippen molar-refractivity contribution in [2.75, 3.05) is 0 Å². The zero-order valence-corrected chi connectivity index (χ0v) is 22.7. The van der Waals surface area contributed by atoms with E-state index in [4.69, 9.17) is 0 Å². The maximum Gasteiger partial charge on any atom is 0.418 e. The molecule has 1 aliphatic rings. The number of halogens is 4. The summed E-state index contributed by atoms with van der Waals surface area (Å²) >= 11 is 0. The first-order valence-corrected chi connectivity index (χ1v) is 13.5. The van der Waals surface area contributed by atoms with E-state index >= 15 is 0 Å². The number of benzene rings is 1. The molecule has 0 N–H and O–H groups in total. The monoisotopic (exact) mass is 553 g/mol. The Morgan fingerprint density at radius 3 is 2.38 bits per heavy atom. The fourth-order valence-electron chi connectivity index (χ4n) is 5.84. The van der Waals surface area contributed by atoms with E-state index < -0.39 is 23.8 Å². The first kappa shape index (κ1) is 27.7. The van der Waals surface area contributed by atoms with Gasteiger partial charge in [0.15, 0.2) is 0 Å². The molecule has 0 radical (unpaired) electrons. The van der Waals surface area contributed by atoms with Crippen molar-refractivity contribution < 1.29 is 17.6 Å². The Labute approximate surface area is 229 Å². The van der Waals surface area contributed by atoms with E-state index in [-0.39, 0.29) is 23.3 Å². The molecule has 210 valence electrons. The lowest BCUT2D eigenvalue weighted by atomic mass is 9.75. The van der Waals surface area contributed by atoms with Crippen molar-refractivity contribution in [3.8, 4) is 11.3 Å². The summed E-state index contributed by atoms with van der Waals surface area (Å²) in [6.07, 6.45) is 1.21. The highest BCUT2D eigenvalue weighted by molar-refractivity contribution is 5.61. The zero-order chi connectivity index (χ0) is 28.6. The van der Waals surface area contributed by atoms with Gasteiger partial charge in [0.2, 0.25) is 0 Å². The molecule has 0 atom stereocenters. The second-order valence-corrected chi connectivity index (χ2v) is 10.4. The predicted octanol–water partition coefficient (Wildman–Crippen LogP) is 6.79. The van der Waals surface area contributed by atoms with Crippen molar-refractivity contribution in [3.05, 3.63) is 98.6 Å². The largest absolute Gasteiger partial charge is 0.418 e. The van der Waals surface area contributed by atoms with Crippen LogP contribution in [0.5, 0.6) is 0 Å². The molecule has 0 amide bonds. The standard InChI is InChI=1S/C30H31F4N5O/c1-4-38-16-23(19(3)36-38)26-15-22(20-10-12-21(13-11-20)28-18(2)7-5-9-25(28)31)29(40)39(37-26)17-27-24(30(32,33)34)8-6-14-35-27/h5-9,14-16,20-21H,4,10-13,17H2,1-3H3. The van der Waals surface area contributed by atoms with E-state index in [0.29, 0.717) is 54.7 Å². The number of aromatic nitrogens is 5. The maximum atomic E-state index is 14.6. The summed E-state index contributed by atoms with van der Waals surface area (Å²) in [5.74, 6) is -0.290. The number of rotatable bonds is 6. The molecule has 1 aliphatic carbocycles. The van der Waals surface area contributed by atoms with Gasteiger partial charge in [-0.2, -0.15) is 23.4 Å². The average Bonchev–Trinajstić information content (AvgIpc) is 3.30. The van der Waals surface area contributed by atoms with Crippen LogP contribution in [0.2, 0.25) is 0 Å². The highest BCUT2D eigenvalue weighted by Gasteiger charge is 2.34. The molecular weight excluding hydrogens is 522 g/mol. The minimum absolute atomic E-state index is 0.0499. The lowest BCUT2D eigenvalue weighted by molar-refractivity contribution is -0.138. The van der Waals surface area contributed by atoms with Crippen molar-refractivity contribution >= 4 is 0 Å². The number of hydrogen-bond donors (Lipinski definition) is 0. The van der Waals surface area contributed by atoms with Gasteiger partial charge in [0.25, 0.3) is 5.56 Å². The van der Waals surface area contributed by atoms with Gasteiger partial charge in [0, 0.05) is 30.1 Å². The minimum Gasteiger partial charge on any atom is -0.272 e. The van der Waals surface area contributed by atoms with Crippen molar-refractivity contribution in [2.45, 2.75) is 77.6 Å². The van der Waals surface area contributed by atoms with Gasteiger partial charge in [-0.15, -0.1) is 0 Å². The van der Waals surface area contributed by atoms with Crippen LogP contribution in [-0.2, 0) is 19.3 Å². The molecule has 1 aromatic carbocycles. The molecule has 4 aromatic rings. The van der Waals surface area contributed by atoms with Gasteiger partial charge in [-0.05, 0) is 93.7 Å². The number of nitrogens with zero attached hydrogens (tertiary/aromatic N) is 5. The molecular formula is C30H31F4N5O. The number of hydrogen-bond acceptors (Lipinski definition) is 4. The van der Waals surface area contributed by atoms with E-state index in [1.165, 1.54) is 18.3 Å². The van der Waals surface area contributed by atoms with Crippen molar-refractivity contribution in [2.24, 2.45) is 0 Å². The summed E-state index contributed by atoms with van der Waals surface area (Å²) in [6.45, 7) is 5.91. The van der Waals surface area contributed by atoms with Gasteiger partial charge < -0.3 is 0 Å². The molecule has 0 spiro atoms. The van der Waals surface area contributed by atoms with E-state index in [1.807, 2.05) is 33.0 Å². The Bertz CT molecular complexity index is 1560. The summed E-state index contributed by atoms with van der Waals surface area (Å²) in [4.78, 5) is 17.7. The van der Waals surface area contributed by atoms with Crippen LogP contribution in [0.25, 0.3) is 11.3 Å². The summed E-state index contributed by atoms with van der Waals surface area (Å²) in [5.41, 5.74) is 2.43. The minimum atomic E-state index is -4.62. The van der Waals surface area contributed by atoms with Crippen LogP contribution in [0.1, 0.15) is 78.1 Å². The Morgan fingerprint density at radius 2 is 1.73 bits per heavy atom. The lowest BCUT2D eigenvalue weighted by Crippen LogP contribution is -2.31. The summed E-state index contributed by atoms with van der Waals surface area (Å²) in [7, 11) is 0. The Morgan fingerprint density at radius 1 is 1.00 bits per heavy atom. The summed E-state index contributed by atoms with van der Waals surface area (Å²) in [5, 5.41) is 8.99. The third-order valence-electron chi connectivity index (χ3n) is 7.89. The van der Waals surface area contributed by atoms with Gasteiger partial charge >= 0.3 is 6.18 Å². The topological polar surface area (TPSA) is 65.6 Å².